The van der Waals surface area contributed by atoms with Gasteiger partial charge >= 0.3 is 5.97 Å². The van der Waals surface area contributed by atoms with E-state index in [9.17, 15) is 4.79 Å². The minimum absolute atomic E-state index is 0.106. The Morgan fingerprint density at radius 2 is 2.27 bits per heavy atom. The molecule has 5 heteroatoms. The Morgan fingerprint density at radius 3 is 2.87 bits per heavy atom. The maximum absolute atomic E-state index is 10.9. The summed E-state index contributed by atoms with van der Waals surface area (Å²) >= 11 is 3.33. The van der Waals surface area contributed by atoms with E-state index in [2.05, 4.69) is 20.7 Å². The fourth-order valence-electron chi connectivity index (χ4n) is 1.04. The van der Waals surface area contributed by atoms with Gasteiger partial charge in [-0.05, 0) is 18.2 Å². The van der Waals surface area contributed by atoms with Crippen LogP contribution in [0, 0.1) is 0 Å². The van der Waals surface area contributed by atoms with Crippen LogP contribution in [-0.2, 0) is 16.1 Å². The standard InChI is InChI=1S/C10H12BrNO3/c1-14-10(13)6-15-9-3-2-8(11)4-7(9)5-12/h2-4H,5-6,12H2,1H3. The van der Waals surface area contributed by atoms with Crippen LogP contribution in [0.3, 0.4) is 0 Å². The van der Waals surface area contributed by atoms with E-state index in [0.717, 1.165) is 10.0 Å². The third-order valence-corrected chi connectivity index (χ3v) is 2.31. The number of nitrogens with two attached hydrogens (primary N) is 1. The van der Waals surface area contributed by atoms with Gasteiger partial charge in [-0.15, -0.1) is 0 Å². The second kappa shape index (κ2) is 5.72. The SMILES string of the molecule is COC(=O)COc1ccc(Br)cc1CN. The molecule has 1 aromatic carbocycles. The number of carbonyl (C=O) groups is 1. The van der Waals surface area contributed by atoms with E-state index >= 15 is 0 Å². The highest BCUT2D eigenvalue weighted by Gasteiger charge is 2.06. The smallest absolute Gasteiger partial charge is 0.343 e. The van der Waals surface area contributed by atoms with Gasteiger partial charge in [-0.1, -0.05) is 15.9 Å². The number of carbonyl (C=O) groups excluding carboxylic acids is 1. The monoisotopic (exact) mass is 273 g/mol. The maximum Gasteiger partial charge on any atom is 0.343 e. The predicted molar refractivity (Wildman–Crippen MR) is 59.5 cm³/mol. The largest absolute Gasteiger partial charge is 0.482 e. The Kier molecular flexibility index (Phi) is 4.58. The average molecular weight is 274 g/mol. The highest BCUT2D eigenvalue weighted by molar-refractivity contribution is 9.10. The lowest BCUT2D eigenvalue weighted by molar-refractivity contribution is -0.142. The molecule has 82 valence electrons. The maximum atomic E-state index is 10.9. The van der Waals surface area contributed by atoms with Crippen molar-refractivity contribution in [3.8, 4) is 5.75 Å². The molecule has 2 N–H and O–H groups in total. The molecule has 1 aromatic rings. The normalized spacial score (nSPS) is 9.80. The zero-order valence-corrected chi connectivity index (χ0v) is 9.91. The molecule has 0 aliphatic heterocycles. The summed E-state index contributed by atoms with van der Waals surface area (Å²) in [7, 11) is 1.32. The van der Waals surface area contributed by atoms with E-state index in [4.69, 9.17) is 10.5 Å². The molecule has 0 aliphatic carbocycles. The van der Waals surface area contributed by atoms with Crippen LogP contribution in [0.1, 0.15) is 5.56 Å². The second-order valence-corrected chi connectivity index (χ2v) is 3.74. The van der Waals surface area contributed by atoms with E-state index < -0.39 is 5.97 Å². The van der Waals surface area contributed by atoms with Gasteiger partial charge in [0.15, 0.2) is 6.61 Å². The topological polar surface area (TPSA) is 61.5 Å². The summed E-state index contributed by atoms with van der Waals surface area (Å²) in [4.78, 5) is 10.9. The first-order chi connectivity index (χ1) is 7.17. The number of rotatable bonds is 4. The molecule has 0 fully saturated rings. The summed E-state index contributed by atoms with van der Waals surface area (Å²) in [6, 6.07) is 5.44. The van der Waals surface area contributed by atoms with Crippen molar-refractivity contribution < 1.29 is 14.3 Å². The molecule has 0 radical (unpaired) electrons. The van der Waals surface area contributed by atoms with Crippen molar-refractivity contribution >= 4 is 21.9 Å². The number of ether oxygens (including phenoxy) is 2. The molecule has 0 aliphatic rings. The van der Waals surface area contributed by atoms with Crippen LogP contribution in [0.5, 0.6) is 5.75 Å². The fourth-order valence-corrected chi connectivity index (χ4v) is 1.45. The highest BCUT2D eigenvalue weighted by Crippen LogP contribution is 2.22. The molecule has 0 atom stereocenters. The minimum atomic E-state index is -0.416. The Labute approximate surface area is 96.5 Å². The van der Waals surface area contributed by atoms with Gasteiger partial charge < -0.3 is 15.2 Å². The average Bonchev–Trinajstić information content (AvgIpc) is 2.26. The molecule has 0 spiro atoms. The van der Waals surface area contributed by atoms with Crippen molar-refractivity contribution in [1.29, 1.82) is 0 Å². The Hall–Kier alpha value is -1.07. The predicted octanol–water partition coefficient (Wildman–Crippen LogP) is 1.46. The third kappa shape index (κ3) is 3.53. The Balaban J connectivity index is 2.72. The van der Waals surface area contributed by atoms with E-state index in [1.54, 1.807) is 6.07 Å². The van der Waals surface area contributed by atoms with Gasteiger partial charge in [0, 0.05) is 16.6 Å². The summed E-state index contributed by atoms with van der Waals surface area (Å²) in [5.41, 5.74) is 6.38. The van der Waals surface area contributed by atoms with Crippen molar-refractivity contribution in [1.82, 2.24) is 0 Å². The van der Waals surface area contributed by atoms with E-state index in [0.29, 0.717) is 12.3 Å². The van der Waals surface area contributed by atoms with Crippen molar-refractivity contribution in [2.75, 3.05) is 13.7 Å². The van der Waals surface area contributed by atoms with Crippen LogP contribution in [0.4, 0.5) is 0 Å². The number of esters is 1. The molecule has 0 amide bonds. The van der Waals surface area contributed by atoms with Gasteiger partial charge in [0.05, 0.1) is 7.11 Å². The lowest BCUT2D eigenvalue weighted by Gasteiger charge is -2.09. The fraction of sp³-hybridized carbons (Fsp3) is 0.300. The summed E-state index contributed by atoms with van der Waals surface area (Å²) in [5.74, 6) is 0.187. The van der Waals surface area contributed by atoms with E-state index in [1.165, 1.54) is 7.11 Å². The summed E-state index contributed by atoms with van der Waals surface area (Å²) < 4.78 is 10.6. The molecule has 0 bridgehead atoms. The molecule has 4 nitrogen and oxygen atoms in total. The van der Waals surface area contributed by atoms with Gasteiger partial charge in [0.25, 0.3) is 0 Å². The van der Waals surface area contributed by atoms with Gasteiger partial charge in [0.2, 0.25) is 0 Å². The number of halogens is 1. The van der Waals surface area contributed by atoms with E-state index in [-0.39, 0.29) is 6.61 Å². The van der Waals surface area contributed by atoms with Crippen LogP contribution >= 0.6 is 15.9 Å². The molecular weight excluding hydrogens is 262 g/mol. The summed E-state index contributed by atoms with van der Waals surface area (Å²) in [6.07, 6.45) is 0. The molecular formula is C10H12BrNO3. The van der Waals surface area contributed by atoms with E-state index in [1.807, 2.05) is 12.1 Å². The molecule has 0 heterocycles. The third-order valence-electron chi connectivity index (χ3n) is 1.82. The van der Waals surface area contributed by atoms with Gasteiger partial charge in [-0.3, -0.25) is 0 Å². The lowest BCUT2D eigenvalue weighted by atomic mass is 10.2. The molecule has 0 aromatic heterocycles. The van der Waals surface area contributed by atoms with Gasteiger partial charge in [-0.2, -0.15) is 0 Å². The molecule has 1 rings (SSSR count). The van der Waals surface area contributed by atoms with Crippen molar-refractivity contribution in [2.24, 2.45) is 5.73 Å². The zero-order valence-electron chi connectivity index (χ0n) is 8.33. The van der Waals surface area contributed by atoms with Gasteiger partial charge in [-0.25, -0.2) is 4.79 Å². The van der Waals surface area contributed by atoms with Crippen molar-refractivity contribution in [2.45, 2.75) is 6.54 Å². The summed E-state index contributed by atoms with van der Waals surface area (Å²) in [5, 5.41) is 0. The number of benzene rings is 1. The Bertz CT molecular complexity index is 355. The van der Waals surface area contributed by atoms with Crippen LogP contribution in [0.15, 0.2) is 22.7 Å². The first-order valence-corrected chi connectivity index (χ1v) is 5.14. The first-order valence-electron chi connectivity index (χ1n) is 4.35. The number of methoxy groups -OCH3 is 1. The molecule has 0 unspecified atom stereocenters. The number of hydrogen-bond acceptors (Lipinski definition) is 4. The summed E-state index contributed by atoms with van der Waals surface area (Å²) in [6.45, 7) is 0.251. The van der Waals surface area contributed by atoms with Crippen molar-refractivity contribution in [3.63, 3.8) is 0 Å². The molecule has 0 saturated heterocycles. The quantitative estimate of drug-likeness (QED) is 0.844. The molecule has 0 saturated carbocycles. The highest BCUT2D eigenvalue weighted by atomic mass is 79.9. The number of hydrogen-bond donors (Lipinski definition) is 1. The van der Waals surface area contributed by atoms with Crippen LogP contribution in [-0.4, -0.2) is 19.7 Å². The Morgan fingerprint density at radius 1 is 1.53 bits per heavy atom. The second-order valence-electron chi connectivity index (χ2n) is 2.82. The molecule has 15 heavy (non-hydrogen) atoms. The zero-order chi connectivity index (χ0) is 11.3. The lowest BCUT2D eigenvalue weighted by Crippen LogP contribution is -2.14. The van der Waals surface area contributed by atoms with Crippen LogP contribution in [0.2, 0.25) is 0 Å². The van der Waals surface area contributed by atoms with Crippen LogP contribution < -0.4 is 10.5 Å². The van der Waals surface area contributed by atoms with Crippen LogP contribution in [0.25, 0.3) is 0 Å². The minimum Gasteiger partial charge on any atom is -0.482 e. The van der Waals surface area contributed by atoms with Crippen molar-refractivity contribution in [3.05, 3.63) is 28.2 Å². The first kappa shape index (κ1) is 12.0. The van der Waals surface area contributed by atoms with Gasteiger partial charge in [0.1, 0.15) is 5.75 Å².